The van der Waals surface area contributed by atoms with Crippen molar-refractivity contribution >= 4 is 11.3 Å². The molecule has 3 aromatic rings. The average Bonchev–Trinajstić information content (AvgIpc) is 2.67. The van der Waals surface area contributed by atoms with E-state index in [1.165, 1.54) is 0 Å². The molecule has 146 valence electrons. The van der Waals surface area contributed by atoms with E-state index in [0.717, 1.165) is 11.1 Å². The molecule has 0 spiro atoms. The van der Waals surface area contributed by atoms with Crippen LogP contribution in [0.3, 0.4) is 0 Å². The molecule has 0 aliphatic carbocycles. The Morgan fingerprint density at radius 1 is 1.00 bits per heavy atom. The highest BCUT2D eigenvalue weighted by Crippen LogP contribution is 2.36. The second-order valence-corrected chi connectivity index (χ2v) is 8.19. The van der Waals surface area contributed by atoms with Crippen molar-refractivity contribution in [2.75, 3.05) is 0 Å². The van der Waals surface area contributed by atoms with Crippen LogP contribution in [0, 0.1) is 0 Å². The fraction of sp³-hybridized carbons (Fsp3) is 0.227. The summed E-state index contributed by atoms with van der Waals surface area (Å²) in [6.07, 6.45) is 1.65. The van der Waals surface area contributed by atoms with Crippen molar-refractivity contribution in [2.24, 2.45) is 0 Å². The van der Waals surface area contributed by atoms with E-state index in [2.05, 4.69) is 30.5 Å². The summed E-state index contributed by atoms with van der Waals surface area (Å²) in [6.45, 7) is 6.37. The van der Waals surface area contributed by atoms with Crippen molar-refractivity contribution in [3.05, 3.63) is 89.6 Å². The van der Waals surface area contributed by atoms with Gasteiger partial charge in [0.2, 0.25) is 17.1 Å². The van der Waals surface area contributed by atoms with E-state index >= 15 is 0 Å². The first-order valence-electron chi connectivity index (χ1n) is 9.00. The lowest BCUT2D eigenvalue weighted by atomic mass is 9.86. The molecule has 3 rings (SSSR count). The molecule has 0 saturated heterocycles. The van der Waals surface area contributed by atoms with Gasteiger partial charge in [-0.15, -0.1) is 0 Å². The van der Waals surface area contributed by atoms with Gasteiger partial charge in [0.1, 0.15) is 5.75 Å². The van der Waals surface area contributed by atoms with E-state index in [9.17, 15) is 8.76 Å². The van der Waals surface area contributed by atoms with Crippen molar-refractivity contribution in [1.82, 2.24) is 9.71 Å². The van der Waals surface area contributed by atoms with Crippen LogP contribution in [-0.4, -0.2) is 13.7 Å². The average molecular weight is 397 g/mol. The first-order chi connectivity index (χ1) is 13.4. The molecule has 2 N–H and O–H groups in total. The van der Waals surface area contributed by atoms with Crippen LogP contribution in [0.15, 0.2) is 72.9 Å². The molecular weight excluding hydrogens is 372 g/mol. The molecule has 0 aliphatic rings. The van der Waals surface area contributed by atoms with Gasteiger partial charge >= 0.3 is 0 Å². The lowest BCUT2D eigenvalue weighted by molar-refractivity contribution is 0.430. The molecule has 5 nitrogen and oxygen atoms in total. The molecule has 2 atom stereocenters. The summed E-state index contributed by atoms with van der Waals surface area (Å²) in [5.74, 6) is 1.11. The number of benzene rings is 2. The minimum atomic E-state index is -2.20. The number of aromatic nitrogens is 1. The minimum absolute atomic E-state index is 0.102. The van der Waals surface area contributed by atoms with E-state index in [1.807, 2.05) is 60.7 Å². The normalized spacial score (nSPS) is 13.7. The fourth-order valence-electron chi connectivity index (χ4n) is 3.05. The van der Waals surface area contributed by atoms with Crippen LogP contribution in [0.5, 0.6) is 11.6 Å². The number of ether oxygens (including phenoxy) is 1. The Balaban J connectivity index is 2.05. The van der Waals surface area contributed by atoms with Gasteiger partial charge in [-0.2, -0.15) is 0 Å². The van der Waals surface area contributed by atoms with Crippen molar-refractivity contribution < 1.29 is 13.5 Å². The highest BCUT2D eigenvalue weighted by molar-refractivity contribution is 7.77. The van der Waals surface area contributed by atoms with Gasteiger partial charge in [0.25, 0.3) is 0 Å². The zero-order valence-electron chi connectivity index (χ0n) is 16.1. The van der Waals surface area contributed by atoms with Crippen LogP contribution in [0.1, 0.15) is 43.5 Å². The van der Waals surface area contributed by atoms with Gasteiger partial charge in [-0.1, -0.05) is 75.4 Å². The molecule has 0 aliphatic heterocycles. The van der Waals surface area contributed by atoms with Crippen LogP contribution in [0.25, 0.3) is 0 Å². The number of rotatable bonds is 6. The van der Waals surface area contributed by atoms with Crippen molar-refractivity contribution in [3.63, 3.8) is 0 Å². The number of hydrogen-bond acceptors (Lipinski definition) is 3. The third kappa shape index (κ3) is 4.84. The molecule has 2 unspecified atom stereocenters. The molecule has 0 bridgehead atoms. The molecular formula is C22H24N2O3S. The third-order valence-electron chi connectivity index (χ3n) is 4.36. The van der Waals surface area contributed by atoms with Gasteiger partial charge in [-0.25, -0.2) is 13.9 Å². The summed E-state index contributed by atoms with van der Waals surface area (Å²) in [5, 5.41) is 0. The summed E-state index contributed by atoms with van der Waals surface area (Å²) < 4.78 is 29.9. The second kappa shape index (κ2) is 8.65. The number of pyridine rings is 1. The molecule has 1 heterocycles. The molecule has 0 radical (unpaired) electrons. The SMILES string of the molecule is CC(C)(C)c1ccccc1Oc1ncccc1C(NS(=O)O)c1ccccc1. The standard InChI is InChI=1S/C22H24N2O3S/c1-22(2,3)18-13-7-8-14-19(18)27-21-17(12-9-15-23-21)20(24-28(25)26)16-10-5-4-6-11-16/h4-15,20,24H,1-3H3,(H,25,26). The van der Waals surface area contributed by atoms with Crippen LogP contribution < -0.4 is 9.46 Å². The quantitative estimate of drug-likeness (QED) is 0.576. The van der Waals surface area contributed by atoms with Crippen LogP contribution >= 0.6 is 0 Å². The van der Waals surface area contributed by atoms with Crippen LogP contribution in [0.4, 0.5) is 0 Å². The summed E-state index contributed by atoms with van der Waals surface area (Å²) in [6, 6.07) is 20.4. The fourth-order valence-corrected chi connectivity index (χ4v) is 3.51. The molecule has 28 heavy (non-hydrogen) atoms. The van der Waals surface area contributed by atoms with E-state index in [1.54, 1.807) is 12.3 Å². The lowest BCUT2D eigenvalue weighted by Gasteiger charge is -2.24. The van der Waals surface area contributed by atoms with Gasteiger partial charge in [-0.05, 0) is 23.1 Å². The molecule has 0 saturated carbocycles. The zero-order valence-corrected chi connectivity index (χ0v) is 16.9. The van der Waals surface area contributed by atoms with Gasteiger partial charge in [0.05, 0.1) is 6.04 Å². The highest BCUT2D eigenvalue weighted by Gasteiger charge is 2.23. The summed E-state index contributed by atoms with van der Waals surface area (Å²) in [5.41, 5.74) is 2.48. The Morgan fingerprint density at radius 2 is 1.68 bits per heavy atom. The highest BCUT2D eigenvalue weighted by atomic mass is 32.2. The molecule has 6 heteroatoms. The molecule has 0 fully saturated rings. The molecule has 1 aromatic heterocycles. The smallest absolute Gasteiger partial charge is 0.232 e. The van der Waals surface area contributed by atoms with Crippen LogP contribution in [0.2, 0.25) is 0 Å². The van der Waals surface area contributed by atoms with E-state index < -0.39 is 17.3 Å². The van der Waals surface area contributed by atoms with Crippen molar-refractivity contribution in [3.8, 4) is 11.6 Å². The summed E-state index contributed by atoms with van der Waals surface area (Å²) in [4.78, 5) is 4.41. The Morgan fingerprint density at radius 3 is 2.36 bits per heavy atom. The second-order valence-electron chi connectivity index (χ2n) is 7.46. The molecule has 2 aromatic carbocycles. The minimum Gasteiger partial charge on any atom is -0.438 e. The maximum Gasteiger partial charge on any atom is 0.232 e. The maximum atomic E-state index is 11.6. The predicted molar refractivity (Wildman–Crippen MR) is 112 cm³/mol. The Bertz CT molecular complexity index is 955. The van der Waals surface area contributed by atoms with Crippen LogP contribution in [-0.2, 0) is 16.7 Å². The first-order valence-corrected chi connectivity index (χ1v) is 10.1. The monoisotopic (exact) mass is 396 g/mol. The van der Waals surface area contributed by atoms with Gasteiger partial charge < -0.3 is 4.74 Å². The maximum absolute atomic E-state index is 11.6. The first kappa shape index (κ1) is 20.2. The predicted octanol–water partition coefficient (Wildman–Crippen LogP) is 4.99. The Kier molecular flexibility index (Phi) is 6.24. The Hall–Kier alpha value is -2.54. The number of hydrogen-bond donors (Lipinski definition) is 2. The number of nitrogens with one attached hydrogen (secondary N) is 1. The van der Waals surface area contributed by atoms with Gasteiger partial charge in [0.15, 0.2) is 0 Å². The van der Waals surface area contributed by atoms with E-state index in [-0.39, 0.29) is 5.41 Å². The Labute approximate surface area is 168 Å². The summed E-state index contributed by atoms with van der Waals surface area (Å²) in [7, 11) is 0. The van der Waals surface area contributed by atoms with Crippen molar-refractivity contribution in [2.45, 2.75) is 32.2 Å². The van der Waals surface area contributed by atoms with Gasteiger partial charge in [-0.3, -0.25) is 4.55 Å². The number of nitrogens with zero attached hydrogens (tertiary/aromatic N) is 1. The largest absolute Gasteiger partial charge is 0.438 e. The van der Waals surface area contributed by atoms with E-state index in [0.29, 0.717) is 17.2 Å². The summed E-state index contributed by atoms with van der Waals surface area (Å²) >= 11 is -2.20. The topological polar surface area (TPSA) is 71.5 Å². The third-order valence-corrected chi connectivity index (χ3v) is 4.80. The van der Waals surface area contributed by atoms with Crippen molar-refractivity contribution in [1.29, 1.82) is 0 Å². The number of para-hydroxylation sites is 1. The van der Waals surface area contributed by atoms with E-state index in [4.69, 9.17) is 4.74 Å². The van der Waals surface area contributed by atoms with Gasteiger partial charge in [0, 0.05) is 17.3 Å². The molecule has 0 amide bonds. The lowest BCUT2D eigenvalue weighted by Crippen LogP contribution is -2.24. The zero-order chi connectivity index (χ0) is 20.1.